The molecule has 1 aromatic rings. The molecule has 0 saturated heterocycles. The smallest absolute Gasteiger partial charge is 0.341 e. The number of halogens is 2. The maximum Gasteiger partial charge on any atom is 0.341 e. The Kier molecular flexibility index (Phi) is 7.39. The zero-order valence-electron chi connectivity index (χ0n) is 11.3. The van der Waals surface area contributed by atoms with E-state index in [1.807, 2.05) is 0 Å². The van der Waals surface area contributed by atoms with Gasteiger partial charge >= 0.3 is 5.97 Å². The van der Waals surface area contributed by atoms with Crippen molar-refractivity contribution in [2.75, 3.05) is 6.61 Å². The number of rotatable bonds is 7. The van der Waals surface area contributed by atoms with Crippen LogP contribution in [0, 0.1) is 5.92 Å². The molecule has 1 atom stereocenters. The second-order valence-electron chi connectivity index (χ2n) is 4.51. The molecular formula is C14H19BrClNO2. The van der Waals surface area contributed by atoms with Crippen molar-refractivity contribution in [2.24, 2.45) is 5.92 Å². The SMILES string of the molecule is CCCCC(CC)COC(=O)c1cc(Br)cnc1Cl. The molecule has 0 saturated carbocycles. The summed E-state index contributed by atoms with van der Waals surface area (Å²) in [5.41, 5.74) is 0.307. The minimum absolute atomic E-state index is 0.176. The van der Waals surface area contributed by atoms with Crippen LogP contribution < -0.4 is 0 Å². The van der Waals surface area contributed by atoms with Crippen molar-refractivity contribution in [1.82, 2.24) is 4.98 Å². The molecule has 3 nitrogen and oxygen atoms in total. The summed E-state index contributed by atoms with van der Waals surface area (Å²) in [5.74, 6) is 0.0107. The van der Waals surface area contributed by atoms with E-state index in [-0.39, 0.29) is 5.15 Å². The Labute approximate surface area is 127 Å². The van der Waals surface area contributed by atoms with Crippen molar-refractivity contribution in [3.63, 3.8) is 0 Å². The van der Waals surface area contributed by atoms with Crippen molar-refractivity contribution >= 4 is 33.5 Å². The molecule has 5 heteroatoms. The summed E-state index contributed by atoms with van der Waals surface area (Å²) in [5, 5.41) is 0.176. The van der Waals surface area contributed by atoms with Gasteiger partial charge in [-0.05, 0) is 34.3 Å². The Bertz CT molecular complexity index is 426. The van der Waals surface area contributed by atoms with Crippen LogP contribution in [0.2, 0.25) is 5.15 Å². The molecule has 0 amide bonds. The standard InChI is InChI=1S/C14H19BrClNO2/c1-3-5-6-10(4-2)9-19-14(18)12-7-11(15)8-17-13(12)16/h7-8,10H,3-6,9H2,1-2H3. The van der Waals surface area contributed by atoms with Crippen molar-refractivity contribution < 1.29 is 9.53 Å². The van der Waals surface area contributed by atoms with Gasteiger partial charge in [-0.25, -0.2) is 9.78 Å². The number of nitrogens with zero attached hydrogens (tertiary/aromatic N) is 1. The number of aromatic nitrogens is 1. The monoisotopic (exact) mass is 347 g/mol. The third kappa shape index (κ3) is 5.49. The summed E-state index contributed by atoms with van der Waals surface area (Å²) in [4.78, 5) is 15.9. The highest BCUT2D eigenvalue weighted by Gasteiger charge is 2.15. The molecule has 0 aliphatic carbocycles. The van der Waals surface area contributed by atoms with Crippen LogP contribution in [0.3, 0.4) is 0 Å². The second-order valence-corrected chi connectivity index (χ2v) is 5.78. The van der Waals surface area contributed by atoms with Gasteiger partial charge < -0.3 is 4.74 Å². The number of hydrogen-bond acceptors (Lipinski definition) is 3. The zero-order valence-corrected chi connectivity index (χ0v) is 13.6. The van der Waals surface area contributed by atoms with E-state index in [0.717, 1.165) is 25.7 Å². The summed E-state index contributed by atoms with van der Waals surface area (Å²) < 4.78 is 6.04. The molecule has 1 aromatic heterocycles. The summed E-state index contributed by atoms with van der Waals surface area (Å²) >= 11 is 9.15. The Morgan fingerprint density at radius 3 is 2.89 bits per heavy atom. The molecule has 0 aromatic carbocycles. The number of ether oxygens (including phenoxy) is 1. The Morgan fingerprint density at radius 2 is 2.26 bits per heavy atom. The minimum atomic E-state index is -0.409. The summed E-state index contributed by atoms with van der Waals surface area (Å²) in [6, 6.07) is 1.63. The van der Waals surface area contributed by atoms with E-state index in [9.17, 15) is 4.79 Å². The number of hydrogen-bond donors (Lipinski definition) is 0. The lowest BCUT2D eigenvalue weighted by molar-refractivity contribution is 0.0428. The zero-order chi connectivity index (χ0) is 14.3. The predicted molar refractivity (Wildman–Crippen MR) is 80.5 cm³/mol. The van der Waals surface area contributed by atoms with Gasteiger partial charge in [0.2, 0.25) is 0 Å². The lowest BCUT2D eigenvalue weighted by atomic mass is 10.0. The lowest BCUT2D eigenvalue weighted by Gasteiger charge is -2.14. The average Bonchev–Trinajstić information content (AvgIpc) is 2.41. The molecule has 0 aliphatic rings. The van der Waals surface area contributed by atoms with Crippen molar-refractivity contribution in [3.05, 3.63) is 27.5 Å². The van der Waals surface area contributed by atoms with Crippen molar-refractivity contribution in [1.29, 1.82) is 0 Å². The van der Waals surface area contributed by atoms with Gasteiger partial charge in [0.25, 0.3) is 0 Å². The van der Waals surface area contributed by atoms with Crippen LogP contribution in [-0.4, -0.2) is 17.6 Å². The van der Waals surface area contributed by atoms with Gasteiger partial charge in [0.1, 0.15) is 5.15 Å². The van der Waals surface area contributed by atoms with Gasteiger partial charge in [0.05, 0.1) is 12.2 Å². The van der Waals surface area contributed by atoms with Gasteiger partial charge in [-0.3, -0.25) is 0 Å². The molecule has 0 radical (unpaired) electrons. The molecule has 0 aliphatic heterocycles. The highest BCUT2D eigenvalue weighted by Crippen LogP contribution is 2.20. The highest BCUT2D eigenvalue weighted by atomic mass is 79.9. The van der Waals surface area contributed by atoms with E-state index in [2.05, 4.69) is 34.8 Å². The van der Waals surface area contributed by atoms with Crippen LogP contribution in [0.1, 0.15) is 49.9 Å². The first-order valence-electron chi connectivity index (χ1n) is 6.56. The third-order valence-electron chi connectivity index (χ3n) is 3.02. The fourth-order valence-electron chi connectivity index (χ4n) is 1.74. The molecule has 106 valence electrons. The van der Waals surface area contributed by atoms with Crippen LogP contribution in [0.15, 0.2) is 16.7 Å². The Hall–Kier alpha value is -0.610. The van der Waals surface area contributed by atoms with Gasteiger partial charge in [0.15, 0.2) is 0 Å². The molecule has 1 heterocycles. The van der Waals surface area contributed by atoms with Crippen LogP contribution >= 0.6 is 27.5 Å². The van der Waals surface area contributed by atoms with Gasteiger partial charge in [0, 0.05) is 10.7 Å². The number of unbranched alkanes of at least 4 members (excludes halogenated alkanes) is 1. The van der Waals surface area contributed by atoms with E-state index < -0.39 is 5.97 Å². The largest absolute Gasteiger partial charge is 0.462 e. The molecule has 0 spiro atoms. The quantitative estimate of drug-likeness (QED) is 0.521. The van der Waals surface area contributed by atoms with Gasteiger partial charge in [-0.1, -0.05) is 44.7 Å². The lowest BCUT2D eigenvalue weighted by Crippen LogP contribution is -2.14. The topological polar surface area (TPSA) is 39.2 Å². The van der Waals surface area contributed by atoms with Crippen LogP contribution in [-0.2, 0) is 4.74 Å². The molecule has 0 N–H and O–H groups in total. The Balaban J connectivity index is 2.56. The van der Waals surface area contributed by atoms with Crippen LogP contribution in [0.4, 0.5) is 0 Å². The minimum Gasteiger partial charge on any atom is -0.462 e. The first kappa shape index (κ1) is 16.4. The maximum atomic E-state index is 11.9. The fraction of sp³-hybridized carbons (Fsp3) is 0.571. The van der Waals surface area contributed by atoms with Crippen LogP contribution in [0.25, 0.3) is 0 Å². The summed E-state index contributed by atoms with van der Waals surface area (Å²) in [6.07, 6.45) is 5.97. The molecule has 19 heavy (non-hydrogen) atoms. The Morgan fingerprint density at radius 1 is 1.53 bits per heavy atom. The number of esters is 1. The fourth-order valence-corrected chi connectivity index (χ4v) is 2.25. The second kappa shape index (κ2) is 8.54. The van der Waals surface area contributed by atoms with Gasteiger partial charge in [-0.15, -0.1) is 0 Å². The van der Waals surface area contributed by atoms with E-state index in [1.165, 1.54) is 0 Å². The van der Waals surface area contributed by atoms with Crippen molar-refractivity contribution in [3.8, 4) is 0 Å². The van der Waals surface area contributed by atoms with E-state index in [1.54, 1.807) is 12.3 Å². The third-order valence-corrected chi connectivity index (χ3v) is 3.75. The van der Waals surface area contributed by atoms with E-state index in [4.69, 9.17) is 16.3 Å². The molecule has 0 fully saturated rings. The summed E-state index contributed by atoms with van der Waals surface area (Å²) in [7, 11) is 0. The molecular weight excluding hydrogens is 330 g/mol. The normalized spacial score (nSPS) is 12.2. The molecule has 0 bridgehead atoms. The van der Waals surface area contributed by atoms with E-state index >= 15 is 0 Å². The molecule has 1 rings (SSSR count). The van der Waals surface area contributed by atoms with E-state index in [0.29, 0.717) is 22.6 Å². The number of pyridine rings is 1. The predicted octanol–water partition coefficient (Wildman–Crippen LogP) is 4.87. The summed E-state index contributed by atoms with van der Waals surface area (Å²) in [6.45, 7) is 4.71. The van der Waals surface area contributed by atoms with Crippen molar-refractivity contribution in [2.45, 2.75) is 39.5 Å². The maximum absolute atomic E-state index is 11.9. The number of carbonyl (C=O) groups is 1. The first-order chi connectivity index (χ1) is 9.08. The average molecular weight is 349 g/mol. The van der Waals surface area contributed by atoms with Gasteiger partial charge in [-0.2, -0.15) is 0 Å². The first-order valence-corrected chi connectivity index (χ1v) is 7.73. The highest BCUT2D eigenvalue weighted by molar-refractivity contribution is 9.10. The molecule has 1 unspecified atom stereocenters. The van der Waals surface area contributed by atoms with Crippen LogP contribution in [0.5, 0.6) is 0 Å². The number of carbonyl (C=O) groups excluding carboxylic acids is 1.